The van der Waals surface area contributed by atoms with Gasteiger partial charge in [0.15, 0.2) is 4.80 Å². The number of fused-ring (bicyclic) bond motifs is 4. The first-order valence-corrected chi connectivity index (χ1v) is 17.3. The molecular formula is C35H23ClN4O5S2. The number of non-ortho nitro benzene ring substituents is 1. The Labute approximate surface area is 276 Å². The van der Waals surface area contributed by atoms with Crippen LogP contribution in [0.2, 0.25) is 5.02 Å². The molecule has 0 saturated heterocycles. The Morgan fingerprint density at radius 1 is 0.957 bits per heavy atom. The van der Waals surface area contributed by atoms with Crippen LogP contribution >= 0.6 is 22.9 Å². The summed E-state index contributed by atoms with van der Waals surface area (Å²) in [5.74, 6) is 0. The van der Waals surface area contributed by atoms with Crippen molar-refractivity contribution in [2.24, 2.45) is 4.99 Å². The quantitative estimate of drug-likeness (QED) is 0.162. The summed E-state index contributed by atoms with van der Waals surface area (Å²) in [4.78, 5) is 30.4. The standard InChI is InChI=1S/C35H23ClN4O5S2/c36-24-15-12-22(13-16-24)33-29-17-14-21-6-1-2-10-28(21)32(29)37-35-39(33)34(41)31(46-35)18-23-20-38(30-11-4-3-9-27(23)30)47(44,45)26-8-5-7-25(19-26)40(42)43/h1-13,15-16,18-20,33H,14,17H2/b31-18+/t33-/m0/s1. The summed E-state index contributed by atoms with van der Waals surface area (Å²) in [7, 11) is -4.22. The fourth-order valence-electron chi connectivity index (χ4n) is 6.47. The Balaban J connectivity index is 1.33. The Morgan fingerprint density at radius 3 is 2.53 bits per heavy atom. The van der Waals surface area contributed by atoms with Crippen LogP contribution in [0, 0.1) is 10.1 Å². The SMILES string of the molecule is O=c1/c(=C\c2cn(S(=O)(=O)c3cccc([N+](=O)[O-])c3)c3ccccc23)sc2n1[C@@H](c1ccc(Cl)cc1)C1=C(N=2)c2ccccc2CC1. The van der Waals surface area contributed by atoms with E-state index in [4.69, 9.17) is 16.6 Å². The largest absolute Gasteiger partial charge is 0.272 e. The second-order valence-electron chi connectivity index (χ2n) is 11.3. The van der Waals surface area contributed by atoms with Gasteiger partial charge in [-0.3, -0.25) is 19.5 Å². The predicted octanol–water partition coefficient (Wildman–Crippen LogP) is 6.07. The number of rotatable bonds is 5. The van der Waals surface area contributed by atoms with Crippen LogP contribution < -0.4 is 14.9 Å². The molecule has 0 unspecified atom stereocenters. The molecule has 2 aromatic heterocycles. The van der Waals surface area contributed by atoms with Gasteiger partial charge in [0.1, 0.15) is 0 Å². The number of aryl methyl sites for hydroxylation is 1. The van der Waals surface area contributed by atoms with Crippen LogP contribution in [0.3, 0.4) is 0 Å². The minimum absolute atomic E-state index is 0.216. The van der Waals surface area contributed by atoms with Gasteiger partial charge in [0.2, 0.25) is 0 Å². The van der Waals surface area contributed by atoms with Crippen molar-refractivity contribution in [2.45, 2.75) is 23.8 Å². The third-order valence-electron chi connectivity index (χ3n) is 8.64. The Bertz CT molecular complexity index is 2620. The molecule has 0 N–H and O–H groups in total. The monoisotopic (exact) mass is 678 g/mol. The van der Waals surface area contributed by atoms with E-state index in [1.54, 1.807) is 34.9 Å². The lowest BCUT2D eigenvalue weighted by Gasteiger charge is -2.30. The minimum Gasteiger partial charge on any atom is -0.272 e. The van der Waals surface area contributed by atoms with Gasteiger partial charge in [-0.05, 0) is 59.9 Å². The third kappa shape index (κ3) is 4.77. The van der Waals surface area contributed by atoms with E-state index >= 15 is 0 Å². The summed E-state index contributed by atoms with van der Waals surface area (Å²) >= 11 is 7.50. The number of nitro benzene ring substituents is 1. The van der Waals surface area contributed by atoms with E-state index in [9.17, 15) is 23.3 Å². The maximum Gasteiger partial charge on any atom is 0.271 e. The molecule has 4 aromatic carbocycles. The van der Waals surface area contributed by atoms with E-state index in [0.29, 0.717) is 30.8 Å². The number of halogens is 1. The number of nitro groups is 1. The third-order valence-corrected chi connectivity index (χ3v) is 11.5. The summed E-state index contributed by atoms with van der Waals surface area (Å²) < 4.78 is 30.9. The Hall–Kier alpha value is -5.10. The maximum absolute atomic E-state index is 14.3. The summed E-state index contributed by atoms with van der Waals surface area (Å²) in [6.45, 7) is 0. The lowest BCUT2D eigenvalue weighted by Crippen LogP contribution is -2.38. The van der Waals surface area contributed by atoms with Gasteiger partial charge in [-0.1, -0.05) is 83.6 Å². The first-order chi connectivity index (χ1) is 22.7. The van der Waals surface area contributed by atoms with E-state index in [-0.39, 0.29) is 22.2 Å². The van der Waals surface area contributed by atoms with Crippen molar-refractivity contribution in [1.82, 2.24) is 8.54 Å². The van der Waals surface area contributed by atoms with Crippen LogP contribution in [-0.2, 0) is 16.4 Å². The molecule has 12 heteroatoms. The second kappa shape index (κ2) is 11.0. The number of allylic oxidation sites excluding steroid dienone is 1. The molecule has 47 heavy (non-hydrogen) atoms. The van der Waals surface area contributed by atoms with Crippen molar-refractivity contribution in [3.63, 3.8) is 0 Å². The van der Waals surface area contributed by atoms with Crippen molar-refractivity contribution in [1.29, 1.82) is 0 Å². The highest BCUT2D eigenvalue weighted by Crippen LogP contribution is 2.41. The number of aromatic nitrogens is 2. The van der Waals surface area contributed by atoms with E-state index in [2.05, 4.69) is 12.1 Å². The number of benzene rings is 4. The smallest absolute Gasteiger partial charge is 0.271 e. The van der Waals surface area contributed by atoms with Crippen LogP contribution in [0.25, 0.3) is 22.7 Å². The number of nitrogens with zero attached hydrogens (tertiary/aromatic N) is 4. The first-order valence-electron chi connectivity index (χ1n) is 14.7. The summed E-state index contributed by atoms with van der Waals surface area (Å²) in [6.07, 6.45) is 4.73. The van der Waals surface area contributed by atoms with Gasteiger partial charge >= 0.3 is 0 Å². The lowest BCUT2D eigenvalue weighted by molar-refractivity contribution is -0.385. The fraction of sp³-hybridized carbons (Fsp3) is 0.0857. The number of hydrogen-bond acceptors (Lipinski definition) is 7. The molecule has 1 atom stereocenters. The molecule has 0 fully saturated rings. The average Bonchev–Trinajstić information content (AvgIpc) is 3.61. The van der Waals surface area contributed by atoms with Crippen LogP contribution in [0.4, 0.5) is 5.69 Å². The molecule has 232 valence electrons. The van der Waals surface area contributed by atoms with Crippen molar-refractivity contribution in [2.75, 3.05) is 0 Å². The van der Waals surface area contributed by atoms with E-state index in [0.717, 1.165) is 45.3 Å². The molecule has 6 aromatic rings. The van der Waals surface area contributed by atoms with Crippen LogP contribution in [-0.4, -0.2) is 21.9 Å². The highest BCUT2D eigenvalue weighted by molar-refractivity contribution is 7.90. The van der Waals surface area contributed by atoms with E-state index < -0.39 is 14.9 Å². The van der Waals surface area contributed by atoms with Crippen molar-refractivity contribution in [3.8, 4) is 0 Å². The van der Waals surface area contributed by atoms with Gasteiger partial charge in [0, 0.05) is 39.9 Å². The van der Waals surface area contributed by atoms with Crippen molar-refractivity contribution >= 4 is 61.3 Å². The van der Waals surface area contributed by atoms with Crippen LogP contribution in [0.1, 0.15) is 34.7 Å². The second-order valence-corrected chi connectivity index (χ2v) is 14.6. The number of hydrogen-bond donors (Lipinski definition) is 0. The summed E-state index contributed by atoms with van der Waals surface area (Å²) in [6, 6.07) is 27.2. The normalized spacial score (nSPS) is 16.0. The number of thiazole rings is 1. The average molecular weight is 679 g/mol. The molecule has 8 rings (SSSR count). The molecule has 0 amide bonds. The van der Waals surface area contributed by atoms with Crippen LogP contribution in [0.5, 0.6) is 0 Å². The summed E-state index contributed by atoms with van der Waals surface area (Å²) in [5, 5.41) is 12.6. The molecule has 1 aliphatic carbocycles. The van der Waals surface area contributed by atoms with Crippen LogP contribution in [0.15, 0.2) is 124 Å². The topological polar surface area (TPSA) is 117 Å². The van der Waals surface area contributed by atoms with E-state index in [1.807, 2.05) is 36.4 Å². The van der Waals surface area contributed by atoms with E-state index in [1.165, 1.54) is 41.3 Å². The molecule has 3 heterocycles. The van der Waals surface area contributed by atoms with Gasteiger partial charge in [-0.2, -0.15) is 0 Å². The highest BCUT2D eigenvalue weighted by atomic mass is 35.5. The van der Waals surface area contributed by atoms with Gasteiger partial charge in [0.05, 0.1) is 31.6 Å². The zero-order valence-corrected chi connectivity index (χ0v) is 26.8. The Kier molecular flexibility index (Phi) is 6.87. The Morgan fingerprint density at radius 2 is 1.72 bits per heavy atom. The highest BCUT2D eigenvalue weighted by Gasteiger charge is 2.32. The predicted molar refractivity (Wildman–Crippen MR) is 182 cm³/mol. The van der Waals surface area contributed by atoms with Gasteiger partial charge < -0.3 is 0 Å². The minimum atomic E-state index is -4.22. The molecule has 1 aliphatic heterocycles. The lowest BCUT2D eigenvalue weighted by atomic mass is 9.83. The van der Waals surface area contributed by atoms with Crippen molar-refractivity contribution in [3.05, 3.63) is 166 Å². The van der Waals surface area contributed by atoms with Gasteiger partial charge in [-0.15, -0.1) is 0 Å². The molecule has 2 aliphatic rings. The fourth-order valence-corrected chi connectivity index (χ4v) is 9.00. The molecule has 0 spiro atoms. The molecule has 9 nitrogen and oxygen atoms in total. The molecule has 0 radical (unpaired) electrons. The number of para-hydroxylation sites is 1. The van der Waals surface area contributed by atoms with Gasteiger partial charge in [-0.25, -0.2) is 17.4 Å². The molecule has 0 saturated carbocycles. The molecule has 0 bridgehead atoms. The maximum atomic E-state index is 14.3. The van der Waals surface area contributed by atoms with Gasteiger partial charge in [0.25, 0.3) is 21.3 Å². The van der Waals surface area contributed by atoms with Crippen molar-refractivity contribution < 1.29 is 13.3 Å². The molecular weight excluding hydrogens is 656 g/mol. The zero-order valence-electron chi connectivity index (χ0n) is 24.4. The summed E-state index contributed by atoms with van der Waals surface area (Å²) in [5.41, 5.74) is 5.44. The first kappa shape index (κ1) is 29.3. The zero-order chi connectivity index (χ0) is 32.4.